The molecule has 1 aromatic carbocycles. The van der Waals surface area contributed by atoms with Crippen molar-refractivity contribution in [3.8, 4) is 10.4 Å². The van der Waals surface area contributed by atoms with Crippen molar-refractivity contribution in [3.63, 3.8) is 0 Å². The Balaban J connectivity index is 2.43. The third-order valence-electron chi connectivity index (χ3n) is 2.68. The number of hydrogen-bond donors (Lipinski definition) is 1. The van der Waals surface area contributed by atoms with E-state index in [1.165, 1.54) is 11.3 Å². The van der Waals surface area contributed by atoms with Crippen LogP contribution in [0.2, 0.25) is 0 Å². The number of pyridine rings is 1. The predicted molar refractivity (Wildman–Crippen MR) is 75.5 cm³/mol. The van der Waals surface area contributed by atoms with Crippen LogP contribution in [0.15, 0.2) is 45.0 Å². The lowest BCUT2D eigenvalue weighted by molar-refractivity contribution is 0.641. The topological polar surface area (TPSA) is 32.9 Å². The molecule has 0 unspecified atom stereocenters. The Hall–Kier alpha value is -1.46. The molecule has 2 nitrogen and oxygen atoms in total. The highest BCUT2D eigenvalue weighted by Crippen LogP contribution is 2.29. The van der Waals surface area contributed by atoms with Gasteiger partial charge in [-0.3, -0.25) is 4.79 Å². The zero-order chi connectivity index (χ0) is 12.7. The molecule has 3 rings (SSSR count). The van der Waals surface area contributed by atoms with Gasteiger partial charge in [-0.05, 0) is 29.6 Å². The van der Waals surface area contributed by atoms with Crippen molar-refractivity contribution in [1.29, 1.82) is 0 Å². The Bertz CT molecular complexity index is 780. The average molecular weight is 324 g/mol. The number of aromatic amines is 1. The van der Waals surface area contributed by atoms with Gasteiger partial charge in [0.15, 0.2) is 0 Å². The van der Waals surface area contributed by atoms with Crippen molar-refractivity contribution in [1.82, 2.24) is 4.98 Å². The molecule has 0 radical (unpaired) electrons. The minimum Gasteiger partial charge on any atom is -0.321 e. The first-order valence-corrected chi connectivity index (χ1v) is 6.89. The van der Waals surface area contributed by atoms with E-state index in [0.29, 0.717) is 15.8 Å². The summed E-state index contributed by atoms with van der Waals surface area (Å²) in [5, 5.41) is 2.23. The van der Waals surface area contributed by atoms with Gasteiger partial charge in [-0.15, -0.1) is 11.3 Å². The molecule has 0 atom stereocenters. The smallest absolute Gasteiger partial charge is 0.260 e. The van der Waals surface area contributed by atoms with E-state index in [9.17, 15) is 9.18 Å². The summed E-state index contributed by atoms with van der Waals surface area (Å²) < 4.78 is 15.2. The van der Waals surface area contributed by atoms with Gasteiger partial charge in [-0.25, -0.2) is 4.39 Å². The lowest BCUT2D eigenvalue weighted by Gasteiger charge is -2.04. The fraction of sp³-hybridized carbons (Fsp3) is 0. The molecule has 1 N–H and O–H groups in total. The Morgan fingerprint density at radius 2 is 2.11 bits per heavy atom. The van der Waals surface area contributed by atoms with Crippen molar-refractivity contribution >= 4 is 38.2 Å². The van der Waals surface area contributed by atoms with E-state index < -0.39 is 11.4 Å². The highest BCUT2D eigenvalue weighted by atomic mass is 79.9. The van der Waals surface area contributed by atoms with Crippen LogP contribution in [-0.2, 0) is 0 Å². The van der Waals surface area contributed by atoms with Gasteiger partial charge in [0.05, 0.1) is 11.1 Å². The summed E-state index contributed by atoms with van der Waals surface area (Å²) in [6.07, 6.45) is 0. The number of nitrogens with one attached hydrogen (secondary N) is 1. The lowest BCUT2D eigenvalue weighted by atomic mass is 10.1. The molecular formula is C13H7BrFNOS. The minimum atomic E-state index is -0.475. The Morgan fingerprint density at radius 3 is 2.83 bits per heavy atom. The van der Waals surface area contributed by atoms with Crippen molar-refractivity contribution in [3.05, 3.63) is 56.4 Å². The molecule has 2 heterocycles. The number of benzene rings is 1. The predicted octanol–water partition coefficient (Wildman–Crippen LogP) is 4.16. The number of thiophene rings is 1. The van der Waals surface area contributed by atoms with E-state index in [1.807, 2.05) is 5.38 Å². The molecule has 0 spiro atoms. The number of halogens is 2. The summed E-state index contributed by atoms with van der Waals surface area (Å²) in [6.45, 7) is 0. The van der Waals surface area contributed by atoms with E-state index in [-0.39, 0.29) is 5.56 Å². The first-order valence-electron chi connectivity index (χ1n) is 5.22. The van der Waals surface area contributed by atoms with E-state index in [1.54, 1.807) is 30.3 Å². The molecular weight excluding hydrogens is 317 g/mol. The van der Waals surface area contributed by atoms with Crippen LogP contribution < -0.4 is 5.56 Å². The first-order chi connectivity index (χ1) is 8.66. The molecule has 90 valence electrons. The number of aromatic nitrogens is 1. The minimum absolute atomic E-state index is 0.107. The van der Waals surface area contributed by atoms with E-state index in [4.69, 9.17) is 0 Å². The second-order valence-electron chi connectivity index (χ2n) is 3.81. The third-order valence-corrected chi connectivity index (χ3v) is 4.06. The fourth-order valence-corrected chi connectivity index (χ4v) is 2.99. The zero-order valence-electron chi connectivity index (χ0n) is 9.04. The standard InChI is InChI=1S/C13H7BrFNOS/c14-7-3-4-9-8(6-7)12(15)11(13(17)16-9)10-2-1-5-18-10/h1-6H,(H,16,17). The van der Waals surface area contributed by atoms with Crippen LogP contribution in [0, 0.1) is 5.82 Å². The molecule has 0 amide bonds. The summed E-state index contributed by atoms with van der Waals surface area (Å²) in [5.41, 5.74) is 0.210. The van der Waals surface area contributed by atoms with Gasteiger partial charge < -0.3 is 4.98 Å². The highest BCUT2D eigenvalue weighted by Gasteiger charge is 2.15. The summed E-state index contributed by atoms with van der Waals surface area (Å²) >= 11 is 4.65. The average Bonchev–Trinajstić information content (AvgIpc) is 2.84. The van der Waals surface area contributed by atoms with Crippen molar-refractivity contribution < 1.29 is 4.39 Å². The molecule has 0 bridgehead atoms. The number of H-pyrrole nitrogens is 1. The monoisotopic (exact) mass is 323 g/mol. The molecule has 0 aliphatic heterocycles. The van der Waals surface area contributed by atoms with E-state index in [2.05, 4.69) is 20.9 Å². The van der Waals surface area contributed by atoms with Crippen LogP contribution in [0.4, 0.5) is 4.39 Å². The van der Waals surface area contributed by atoms with Gasteiger partial charge in [0.1, 0.15) is 5.82 Å². The number of hydrogen-bond acceptors (Lipinski definition) is 2. The third kappa shape index (κ3) is 1.79. The van der Waals surface area contributed by atoms with Gasteiger partial charge in [-0.1, -0.05) is 22.0 Å². The van der Waals surface area contributed by atoms with Crippen LogP contribution in [0.5, 0.6) is 0 Å². The maximum atomic E-state index is 14.4. The Kier molecular flexibility index (Phi) is 2.80. The maximum Gasteiger partial charge on any atom is 0.260 e. The fourth-order valence-electron chi connectivity index (χ4n) is 1.87. The second-order valence-corrected chi connectivity index (χ2v) is 5.67. The zero-order valence-corrected chi connectivity index (χ0v) is 11.4. The summed E-state index contributed by atoms with van der Waals surface area (Å²) in [7, 11) is 0. The Labute approximate surface area is 114 Å². The number of rotatable bonds is 1. The summed E-state index contributed by atoms with van der Waals surface area (Å²) in [4.78, 5) is 15.3. The van der Waals surface area contributed by atoms with Gasteiger partial charge >= 0.3 is 0 Å². The molecule has 18 heavy (non-hydrogen) atoms. The van der Waals surface area contributed by atoms with Crippen molar-refractivity contribution in [2.75, 3.05) is 0 Å². The molecule has 0 saturated heterocycles. The number of fused-ring (bicyclic) bond motifs is 1. The highest BCUT2D eigenvalue weighted by molar-refractivity contribution is 9.10. The largest absolute Gasteiger partial charge is 0.321 e. The van der Waals surface area contributed by atoms with Crippen molar-refractivity contribution in [2.45, 2.75) is 0 Å². The van der Waals surface area contributed by atoms with Gasteiger partial charge in [0, 0.05) is 14.7 Å². The molecule has 0 aliphatic carbocycles. The molecule has 3 aromatic rings. The van der Waals surface area contributed by atoms with Gasteiger partial charge in [0.25, 0.3) is 5.56 Å². The van der Waals surface area contributed by atoms with Crippen LogP contribution in [-0.4, -0.2) is 4.98 Å². The molecule has 0 fully saturated rings. The summed E-state index contributed by atoms with van der Waals surface area (Å²) in [6, 6.07) is 8.65. The molecule has 2 aromatic heterocycles. The molecule has 5 heteroatoms. The Morgan fingerprint density at radius 1 is 1.28 bits per heavy atom. The van der Waals surface area contributed by atoms with Gasteiger partial charge in [0.2, 0.25) is 0 Å². The van der Waals surface area contributed by atoms with Crippen LogP contribution in [0.25, 0.3) is 21.3 Å². The normalized spacial score (nSPS) is 11.0. The first kappa shape index (κ1) is 11.6. The summed E-state index contributed by atoms with van der Waals surface area (Å²) in [5.74, 6) is -0.475. The SMILES string of the molecule is O=c1[nH]c2ccc(Br)cc2c(F)c1-c1cccs1. The van der Waals surface area contributed by atoms with Crippen LogP contribution in [0.3, 0.4) is 0 Å². The lowest BCUT2D eigenvalue weighted by Crippen LogP contribution is -2.11. The molecule has 0 saturated carbocycles. The second kappa shape index (κ2) is 4.33. The van der Waals surface area contributed by atoms with Crippen LogP contribution in [0.1, 0.15) is 0 Å². The van der Waals surface area contributed by atoms with E-state index in [0.717, 1.165) is 4.47 Å². The maximum absolute atomic E-state index is 14.4. The van der Waals surface area contributed by atoms with Crippen molar-refractivity contribution in [2.24, 2.45) is 0 Å². The van der Waals surface area contributed by atoms with Crippen LogP contribution >= 0.6 is 27.3 Å². The van der Waals surface area contributed by atoms with Gasteiger partial charge in [-0.2, -0.15) is 0 Å². The quantitative estimate of drug-likeness (QED) is 0.716. The van der Waals surface area contributed by atoms with E-state index >= 15 is 0 Å². The molecule has 0 aliphatic rings.